The van der Waals surface area contributed by atoms with Gasteiger partial charge in [-0.05, 0) is 44.5 Å². The van der Waals surface area contributed by atoms with Crippen LogP contribution < -0.4 is 0 Å². The van der Waals surface area contributed by atoms with E-state index < -0.39 is 23.0 Å². The topological polar surface area (TPSA) is 125 Å². The van der Waals surface area contributed by atoms with Gasteiger partial charge in [-0.25, -0.2) is 19.4 Å². The summed E-state index contributed by atoms with van der Waals surface area (Å²) in [7, 11) is 0. The molecule has 0 spiro atoms. The maximum absolute atomic E-state index is 12.5. The number of hydrogen-bond donors (Lipinski definition) is 0. The molecule has 2 aromatic carbocycles. The maximum atomic E-state index is 12.5. The van der Waals surface area contributed by atoms with E-state index in [4.69, 9.17) is 10.1 Å². The van der Waals surface area contributed by atoms with Gasteiger partial charge in [-0.2, -0.15) is 20.8 Å². The Kier molecular flexibility index (Phi) is 7.00. The van der Waals surface area contributed by atoms with Gasteiger partial charge in [0, 0.05) is 6.42 Å². The number of nitriles is 2. The van der Waals surface area contributed by atoms with Crippen molar-refractivity contribution in [3.05, 3.63) is 71.3 Å². The van der Waals surface area contributed by atoms with Crippen LogP contribution in [-0.2, 0) is 16.2 Å². The lowest BCUT2D eigenvalue weighted by atomic mass is 9.92. The Morgan fingerprint density at radius 1 is 0.867 bits per heavy atom. The van der Waals surface area contributed by atoms with Crippen LogP contribution in [0.5, 0.6) is 0 Å². The second kappa shape index (κ2) is 9.44. The van der Waals surface area contributed by atoms with E-state index in [0.29, 0.717) is 5.56 Å². The smallest absolute Gasteiger partial charge is 0.242 e. The molecule has 0 amide bonds. The Hall–Kier alpha value is -4.04. The number of benzene rings is 2. The minimum Gasteiger partial charge on any atom is -0.242 e. The Bertz CT molecular complexity index is 1040. The van der Waals surface area contributed by atoms with Crippen LogP contribution in [0.1, 0.15) is 47.1 Å². The molecule has 0 aromatic heterocycles. The van der Waals surface area contributed by atoms with Crippen molar-refractivity contribution in [3.63, 3.8) is 0 Å². The van der Waals surface area contributed by atoms with Gasteiger partial charge in [-0.3, -0.25) is 0 Å². The van der Waals surface area contributed by atoms with Gasteiger partial charge < -0.3 is 0 Å². The standard InChI is InChI=1S/C22H20N4O4/c1-21(2,14-23)25-26-22(3,15-24)13-17-11-7-8-12-18(17)20(28)30-29-19(27)16-9-5-4-6-10-16/h4-12H,13H2,1-3H3. The van der Waals surface area contributed by atoms with Gasteiger partial charge in [0.25, 0.3) is 0 Å². The van der Waals surface area contributed by atoms with E-state index in [0.717, 1.165) is 0 Å². The molecular weight excluding hydrogens is 384 g/mol. The molecule has 0 radical (unpaired) electrons. The molecule has 0 saturated heterocycles. The summed E-state index contributed by atoms with van der Waals surface area (Å²) in [6, 6.07) is 18.5. The molecule has 2 rings (SSSR count). The molecule has 0 aliphatic carbocycles. The highest BCUT2D eigenvalue weighted by atomic mass is 17.2. The number of nitrogens with zero attached hydrogens (tertiary/aromatic N) is 4. The average Bonchev–Trinajstić information content (AvgIpc) is 2.77. The van der Waals surface area contributed by atoms with Crippen molar-refractivity contribution in [3.8, 4) is 12.1 Å². The first-order valence-electron chi connectivity index (χ1n) is 9.02. The van der Waals surface area contributed by atoms with Gasteiger partial charge in [-0.1, -0.05) is 36.4 Å². The van der Waals surface area contributed by atoms with E-state index in [1.165, 1.54) is 18.2 Å². The molecule has 0 heterocycles. The van der Waals surface area contributed by atoms with Crippen molar-refractivity contribution < 1.29 is 19.4 Å². The molecule has 0 fully saturated rings. The molecule has 1 atom stereocenters. The van der Waals surface area contributed by atoms with E-state index >= 15 is 0 Å². The molecule has 8 nitrogen and oxygen atoms in total. The second-order valence-corrected chi connectivity index (χ2v) is 7.20. The minimum absolute atomic E-state index is 0.0341. The summed E-state index contributed by atoms with van der Waals surface area (Å²) >= 11 is 0. The number of carbonyl (C=O) groups excluding carboxylic acids is 2. The minimum atomic E-state index is -1.31. The van der Waals surface area contributed by atoms with Crippen LogP contribution in [0.25, 0.3) is 0 Å². The van der Waals surface area contributed by atoms with Crippen LogP contribution >= 0.6 is 0 Å². The largest absolute Gasteiger partial charge is 0.386 e. The molecule has 152 valence electrons. The van der Waals surface area contributed by atoms with E-state index in [-0.39, 0.29) is 17.5 Å². The number of azo groups is 1. The Morgan fingerprint density at radius 3 is 2.10 bits per heavy atom. The van der Waals surface area contributed by atoms with Crippen molar-refractivity contribution in [2.75, 3.05) is 0 Å². The molecule has 8 heteroatoms. The monoisotopic (exact) mass is 404 g/mol. The molecule has 0 aliphatic rings. The molecule has 0 bridgehead atoms. The van der Waals surface area contributed by atoms with Crippen molar-refractivity contribution in [2.24, 2.45) is 10.2 Å². The van der Waals surface area contributed by atoms with Crippen molar-refractivity contribution >= 4 is 11.9 Å². The van der Waals surface area contributed by atoms with Crippen molar-refractivity contribution in [1.82, 2.24) is 0 Å². The molecule has 1 unspecified atom stereocenters. The fraction of sp³-hybridized carbons (Fsp3) is 0.273. The average molecular weight is 404 g/mol. The highest BCUT2D eigenvalue weighted by molar-refractivity contribution is 5.93. The first-order valence-corrected chi connectivity index (χ1v) is 9.02. The zero-order valence-electron chi connectivity index (χ0n) is 16.8. The molecular formula is C22H20N4O4. The first-order chi connectivity index (χ1) is 14.2. The lowest BCUT2D eigenvalue weighted by molar-refractivity contribution is -0.187. The van der Waals surface area contributed by atoms with E-state index in [2.05, 4.69) is 21.2 Å². The quantitative estimate of drug-likeness (QED) is 0.404. The van der Waals surface area contributed by atoms with Crippen LogP contribution in [0.3, 0.4) is 0 Å². The fourth-order valence-corrected chi connectivity index (χ4v) is 2.34. The fourth-order valence-electron chi connectivity index (χ4n) is 2.34. The molecule has 2 aromatic rings. The summed E-state index contributed by atoms with van der Waals surface area (Å²) in [5, 5.41) is 26.6. The summed E-state index contributed by atoms with van der Waals surface area (Å²) < 4.78 is 0. The highest BCUT2D eigenvalue weighted by Gasteiger charge is 2.29. The maximum Gasteiger partial charge on any atom is 0.386 e. The number of hydrogen-bond acceptors (Lipinski definition) is 8. The van der Waals surface area contributed by atoms with Crippen LogP contribution in [0.15, 0.2) is 64.8 Å². The third-order valence-corrected chi connectivity index (χ3v) is 4.01. The summed E-state index contributed by atoms with van der Waals surface area (Å²) in [5.74, 6) is -1.69. The first kappa shape index (κ1) is 22.3. The molecule has 30 heavy (non-hydrogen) atoms. The van der Waals surface area contributed by atoms with E-state index in [1.54, 1.807) is 57.2 Å². The van der Waals surface area contributed by atoms with Gasteiger partial charge in [0.05, 0.1) is 23.3 Å². The lowest BCUT2D eigenvalue weighted by Crippen LogP contribution is -2.25. The van der Waals surface area contributed by atoms with Crippen LogP contribution in [0.4, 0.5) is 0 Å². The molecule has 0 N–H and O–H groups in total. The van der Waals surface area contributed by atoms with Crippen molar-refractivity contribution in [2.45, 2.75) is 38.3 Å². The SMILES string of the molecule is CC(C)(C#N)N=NC(C)(C#N)Cc1ccccc1C(=O)OOC(=O)c1ccccc1. The van der Waals surface area contributed by atoms with E-state index in [9.17, 15) is 14.9 Å². The van der Waals surface area contributed by atoms with E-state index in [1.807, 2.05) is 6.07 Å². The Balaban J connectivity index is 2.17. The summed E-state index contributed by atoms with van der Waals surface area (Å²) in [5.41, 5.74) is -1.59. The molecule has 0 aliphatic heterocycles. The van der Waals surface area contributed by atoms with Gasteiger partial charge >= 0.3 is 11.9 Å². The summed E-state index contributed by atoms with van der Waals surface area (Å²) in [6.07, 6.45) is 0.0341. The zero-order valence-corrected chi connectivity index (χ0v) is 16.8. The Morgan fingerprint density at radius 2 is 1.47 bits per heavy atom. The van der Waals surface area contributed by atoms with Crippen molar-refractivity contribution in [1.29, 1.82) is 10.5 Å². The van der Waals surface area contributed by atoms with Crippen LogP contribution in [-0.4, -0.2) is 23.0 Å². The van der Waals surface area contributed by atoms with Gasteiger partial charge in [0.15, 0.2) is 11.1 Å². The molecule has 0 saturated carbocycles. The lowest BCUT2D eigenvalue weighted by Gasteiger charge is -2.18. The summed E-state index contributed by atoms with van der Waals surface area (Å²) in [6.45, 7) is 4.68. The zero-order chi connectivity index (χ0) is 22.2. The second-order valence-electron chi connectivity index (χ2n) is 7.20. The predicted octanol–water partition coefficient (Wildman–Crippen LogP) is 4.19. The third-order valence-electron chi connectivity index (χ3n) is 4.01. The predicted molar refractivity (Wildman–Crippen MR) is 106 cm³/mol. The van der Waals surface area contributed by atoms with Crippen LogP contribution in [0.2, 0.25) is 0 Å². The van der Waals surface area contributed by atoms with Crippen LogP contribution in [0, 0.1) is 22.7 Å². The van der Waals surface area contributed by atoms with Gasteiger partial charge in [0.1, 0.15) is 0 Å². The van der Waals surface area contributed by atoms with Gasteiger partial charge in [0.2, 0.25) is 0 Å². The van der Waals surface area contributed by atoms with Gasteiger partial charge in [-0.15, -0.1) is 0 Å². The number of rotatable bonds is 6. The number of carbonyl (C=O) groups is 2. The Labute approximate surface area is 174 Å². The normalized spacial score (nSPS) is 13.0. The third kappa shape index (κ3) is 5.98. The summed E-state index contributed by atoms with van der Waals surface area (Å²) in [4.78, 5) is 33.7. The highest BCUT2D eigenvalue weighted by Crippen LogP contribution is 2.23.